The molecule has 1 aromatic carbocycles. The Balaban J connectivity index is 2.72. The number of para-hydroxylation sites is 1. The third-order valence-corrected chi connectivity index (χ3v) is 2.70. The molecule has 1 atom stereocenters. The summed E-state index contributed by atoms with van der Waals surface area (Å²) < 4.78 is 11.1. The van der Waals surface area contributed by atoms with Crippen LogP contribution in [0.2, 0.25) is 0 Å². The molecule has 1 rings (SSSR count). The van der Waals surface area contributed by atoms with Crippen molar-refractivity contribution in [2.45, 2.75) is 26.3 Å². The zero-order chi connectivity index (χ0) is 12.5. The van der Waals surface area contributed by atoms with Crippen molar-refractivity contribution in [1.29, 1.82) is 0 Å². The van der Waals surface area contributed by atoms with Crippen LogP contribution in [0.15, 0.2) is 24.3 Å². The molecule has 0 spiro atoms. The van der Waals surface area contributed by atoms with E-state index < -0.39 is 0 Å². The predicted octanol–water partition coefficient (Wildman–Crippen LogP) is 2.77. The molecule has 96 valence electrons. The Kier molecular flexibility index (Phi) is 6.67. The third-order valence-electron chi connectivity index (χ3n) is 2.70. The van der Waals surface area contributed by atoms with Crippen LogP contribution in [0.25, 0.3) is 0 Å². The fourth-order valence-electron chi connectivity index (χ4n) is 1.86. The fraction of sp³-hybridized carbons (Fsp3) is 0.571. The molecule has 1 aromatic rings. The lowest BCUT2D eigenvalue weighted by atomic mass is 10.0. The van der Waals surface area contributed by atoms with Crippen molar-refractivity contribution < 1.29 is 9.47 Å². The van der Waals surface area contributed by atoms with Crippen molar-refractivity contribution in [3.8, 4) is 5.75 Å². The van der Waals surface area contributed by atoms with E-state index in [1.807, 2.05) is 39.1 Å². The van der Waals surface area contributed by atoms with Gasteiger partial charge in [-0.05, 0) is 33.4 Å². The molecule has 1 N–H and O–H groups in total. The maximum atomic E-state index is 5.65. The number of rotatable bonds is 8. The monoisotopic (exact) mass is 237 g/mol. The van der Waals surface area contributed by atoms with Crippen LogP contribution in [0, 0.1) is 0 Å². The average Bonchev–Trinajstić information content (AvgIpc) is 2.36. The van der Waals surface area contributed by atoms with Crippen molar-refractivity contribution >= 4 is 0 Å². The van der Waals surface area contributed by atoms with Gasteiger partial charge in [0.05, 0.1) is 6.61 Å². The first kappa shape index (κ1) is 14.0. The largest absolute Gasteiger partial charge is 0.494 e. The summed E-state index contributed by atoms with van der Waals surface area (Å²) in [6.45, 7) is 6.25. The molecule has 3 nitrogen and oxygen atoms in total. The van der Waals surface area contributed by atoms with E-state index in [9.17, 15) is 0 Å². The summed E-state index contributed by atoms with van der Waals surface area (Å²) in [6.07, 6.45) is 0.953. The van der Waals surface area contributed by atoms with Crippen molar-refractivity contribution in [3.63, 3.8) is 0 Å². The lowest BCUT2D eigenvalue weighted by Gasteiger charge is -2.19. The second-order valence-electron chi connectivity index (χ2n) is 3.80. The molecule has 0 radical (unpaired) electrons. The first-order valence-corrected chi connectivity index (χ1v) is 6.30. The van der Waals surface area contributed by atoms with Gasteiger partial charge in [0, 0.05) is 24.8 Å². The molecule has 0 bridgehead atoms. The molecule has 0 saturated heterocycles. The Morgan fingerprint density at radius 2 is 1.94 bits per heavy atom. The molecule has 17 heavy (non-hydrogen) atoms. The van der Waals surface area contributed by atoms with Gasteiger partial charge in [-0.15, -0.1) is 0 Å². The molecular weight excluding hydrogens is 214 g/mol. The zero-order valence-corrected chi connectivity index (χ0v) is 11.0. The van der Waals surface area contributed by atoms with E-state index in [2.05, 4.69) is 11.4 Å². The third kappa shape index (κ3) is 4.36. The minimum atomic E-state index is 0.282. The molecule has 0 heterocycles. The van der Waals surface area contributed by atoms with Crippen LogP contribution in [0.1, 0.15) is 31.9 Å². The van der Waals surface area contributed by atoms with Crippen LogP contribution < -0.4 is 10.1 Å². The molecule has 0 aliphatic rings. The van der Waals surface area contributed by atoms with Gasteiger partial charge in [0.25, 0.3) is 0 Å². The Morgan fingerprint density at radius 1 is 1.18 bits per heavy atom. The highest BCUT2D eigenvalue weighted by atomic mass is 16.5. The molecule has 0 amide bonds. The van der Waals surface area contributed by atoms with Crippen LogP contribution in [-0.2, 0) is 4.74 Å². The van der Waals surface area contributed by atoms with E-state index in [0.29, 0.717) is 6.61 Å². The second kappa shape index (κ2) is 8.09. The van der Waals surface area contributed by atoms with E-state index in [4.69, 9.17) is 9.47 Å². The van der Waals surface area contributed by atoms with Gasteiger partial charge in [0.1, 0.15) is 5.75 Å². The zero-order valence-electron chi connectivity index (χ0n) is 11.0. The summed E-state index contributed by atoms with van der Waals surface area (Å²) in [4.78, 5) is 0. The van der Waals surface area contributed by atoms with Crippen LogP contribution in [0.4, 0.5) is 0 Å². The summed E-state index contributed by atoms with van der Waals surface area (Å²) in [5.74, 6) is 0.964. The highest BCUT2D eigenvalue weighted by Gasteiger charge is 2.13. The van der Waals surface area contributed by atoms with Crippen molar-refractivity contribution in [1.82, 2.24) is 5.32 Å². The maximum absolute atomic E-state index is 5.65. The topological polar surface area (TPSA) is 30.5 Å². The lowest BCUT2D eigenvalue weighted by Crippen LogP contribution is -2.19. The number of benzene rings is 1. The van der Waals surface area contributed by atoms with Gasteiger partial charge in [0.15, 0.2) is 0 Å². The van der Waals surface area contributed by atoms with E-state index in [0.717, 1.165) is 25.4 Å². The fourth-order valence-corrected chi connectivity index (χ4v) is 1.86. The van der Waals surface area contributed by atoms with E-state index in [1.165, 1.54) is 5.56 Å². The molecule has 1 unspecified atom stereocenters. The maximum Gasteiger partial charge on any atom is 0.124 e. The normalized spacial score (nSPS) is 12.4. The molecule has 0 saturated carbocycles. The highest BCUT2D eigenvalue weighted by molar-refractivity contribution is 5.35. The number of nitrogens with one attached hydrogen (secondary N) is 1. The Labute approximate surface area is 104 Å². The lowest BCUT2D eigenvalue weighted by molar-refractivity contribution is 0.137. The number of hydrogen-bond acceptors (Lipinski definition) is 3. The van der Waals surface area contributed by atoms with E-state index in [-0.39, 0.29) is 6.04 Å². The van der Waals surface area contributed by atoms with E-state index >= 15 is 0 Å². The molecule has 0 fully saturated rings. The molecule has 0 aliphatic carbocycles. The summed E-state index contributed by atoms with van der Waals surface area (Å²) in [5, 5.41) is 3.32. The summed E-state index contributed by atoms with van der Waals surface area (Å²) >= 11 is 0. The minimum absolute atomic E-state index is 0.282. The standard InChI is InChI=1S/C14H23NO2/c1-4-16-11-10-13(15-3)12-8-6-7-9-14(12)17-5-2/h6-9,13,15H,4-5,10-11H2,1-3H3. The summed E-state index contributed by atoms with van der Waals surface area (Å²) in [5.41, 5.74) is 1.21. The number of hydrogen-bond donors (Lipinski definition) is 1. The minimum Gasteiger partial charge on any atom is -0.494 e. The van der Waals surface area contributed by atoms with Crippen LogP contribution >= 0.6 is 0 Å². The first-order chi connectivity index (χ1) is 8.33. The quantitative estimate of drug-likeness (QED) is 0.705. The number of ether oxygens (including phenoxy) is 2. The van der Waals surface area contributed by atoms with Crippen molar-refractivity contribution in [3.05, 3.63) is 29.8 Å². The van der Waals surface area contributed by atoms with Crippen LogP contribution in [-0.4, -0.2) is 26.9 Å². The van der Waals surface area contributed by atoms with Crippen LogP contribution in [0.3, 0.4) is 0 Å². The van der Waals surface area contributed by atoms with Gasteiger partial charge < -0.3 is 14.8 Å². The van der Waals surface area contributed by atoms with Gasteiger partial charge in [0.2, 0.25) is 0 Å². The summed E-state index contributed by atoms with van der Waals surface area (Å²) in [7, 11) is 1.97. The molecule has 3 heteroatoms. The van der Waals surface area contributed by atoms with Gasteiger partial charge >= 0.3 is 0 Å². The van der Waals surface area contributed by atoms with Gasteiger partial charge in [-0.3, -0.25) is 0 Å². The average molecular weight is 237 g/mol. The SMILES string of the molecule is CCOCCC(NC)c1ccccc1OCC. The van der Waals surface area contributed by atoms with Gasteiger partial charge in [-0.2, -0.15) is 0 Å². The van der Waals surface area contributed by atoms with Crippen LogP contribution in [0.5, 0.6) is 5.75 Å². The first-order valence-electron chi connectivity index (χ1n) is 6.30. The molecule has 0 aliphatic heterocycles. The molecular formula is C14H23NO2. The second-order valence-corrected chi connectivity index (χ2v) is 3.80. The molecule has 0 aromatic heterocycles. The predicted molar refractivity (Wildman–Crippen MR) is 70.5 cm³/mol. The van der Waals surface area contributed by atoms with Gasteiger partial charge in [-0.1, -0.05) is 18.2 Å². The Hall–Kier alpha value is -1.06. The highest BCUT2D eigenvalue weighted by Crippen LogP contribution is 2.26. The van der Waals surface area contributed by atoms with Crippen molar-refractivity contribution in [2.75, 3.05) is 26.9 Å². The van der Waals surface area contributed by atoms with Crippen molar-refractivity contribution in [2.24, 2.45) is 0 Å². The smallest absolute Gasteiger partial charge is 0.124 e. The van der Waals surface area contributed by atoms with Gasteiger partial charge in [-0.25, -0.2) is 0 Å². The Morgan fingerprint density at radius 3 is 2.59 bits per heavy atom. The summed E-state index contributed by atoms with van der Waals surface area (Å²) in [6, 6.07) is 8.46. The Bertz CT molecular complexity index is 315. The van der Waals surface area contributed by atoms with E-state index in [1.54, 1.807) is 0 Å².